The SMILES string of the molecule is CC(C)C(C)(C)N(C(C)(C)C)C(C)(C)C(C)C. The van der Waals surface area contributed by atoms with Crippen molar-refractivity contribution < 1.29 is 0 Å². The van der Waals surface area contributed by atoms with E-state index in [-0.39, 0.29) is 16.6 Å². The van der Waals surface area contributed by atoms with Gasteiger partial charge in [0.05, 0.1) is 0 Å². The average molecular weight is 241 g/mol. The first-order valence-corrected chi connectivity index (χ1v) is 7.06. The fraction of sp³-hybridized carbons (Fsp3) is 1.00. The van der Waals surface area contributed by atoms with Crippen molar-refractivity contribution in [3.8, 4) is 0 Å². The van der Waals surface area contributed by atoms with Crippen molar-refractivity contribution >= 4 is 0 Å². The van der Waals surface area contributed by atoms with E-state index in [1.165, 1.54) is 0 Å². The molecule has 0 aromatic heterocycles. The third-order valence-electron chi connectivity index (χ3n) is 4.65. The van der Waals surface area contributed by atoms with E-state index in [0.717, 1.165) is 0 Å². The Labute approximate surface area is 110 Å². The van der Waals surface area contributed by atoms with E-state index in [2.05, 4.69) is 81.1 Å². The molecule has 104 valence electrons. The molecule has 0 N–H and O–H groups in total. The van der Waals surface area contributed by atoms with Crippen molar-refractivity contribution in [2.24, 2.45) is 11.8 Å². The Morgan fingerprint density at radius 3 is 0.941 bits per heavy atom. The second kappa shape index (κ2) is 4.91. The topological polar surface area (TPSA) is 3.24 Å². The molecule has 0 rings (SSSR count). The summed E-state index contributed by atoms with van der Waals surface area (Å²) in [5, 5.41) is 0. The summed E-state index contributed by atoms with van der Waals surface area (Å²) < 4.78 is 0. The largest absolute Gasteiger partial charge is 0.288 e. The Kier molecular flexibility index (Phi) is 4.90. The molecule has 0 unspecified atom stereocenters. The van der Waals surface area contributed by atoms with Crippen LogP contribution in [0.5, 0.6) is 0 Å². The minimum Gasteiger partial charge on any atom is -0.288 e. The number of hydrogen-bond donors (Lipinski definition) is 0. The standard InChI is InChI=1S/C16H35N/c1-12(2)15(8,9)17(14(5,6)7)16(10,11)13(3)4/h12-13H,1-11H3. The van der Waals surface area contributed by atoms with Crippen LogP contribution in [0.2, 0.25) is 0 Å². The third kappa shape index (κ3) is 3.47. The van der Waals surface area contributed by atoms with Gasteiger partial charge >= 0.3 is 0 Å². The normalized spacial score (nSPS) is 15.2. The van der Waals surface area contributed by atoms with E-state index in [1.54, 1.807) is 0 Å². The quantitative estimate of drug-likeness (QED) is 0.672. The Morgan fingerprint density at radius 2 is 0.824 bits per heavy atom. The minimum atomic E-state index is 0.182. The van der Waals surface area contributed by atoms with Gasteiger partial charge in [-0.15, -0.1) is 0 Å². The van der Waals surface area contributed by atoms with Gasteiger partial charge in [-0.3, -0.25) is 4.90 Å². The maximum absolute atomic E-state index is 2.71. The second-order valence-corrected chi connectivity index (χ2v) is 8.12. The first-order chi connectivity index (χ1) is 7.25. The highest BCUT2D eigenvalue weighted by Crippen LogP contribution is 2.40. The predicted molar refractivity (Wildman–Crippen MR) is 79.4 cm³/mol. The molecule has 0 spiro atoms. The summed E-state index contributed by atoms with van der Waals surface area (Å²) >= 11 is 0. The fourth-order valence-corrected chi connectivity index (χ4v) is 2.99. The van der Waals surface area contributed by atoms with Crippen LogP contribution in [0.15, 0.2) is 0 Å². The molecule has 0 aliphatic carbocycles. The smallest absolute Gasteiger partial charge is 0.0186 e. The first-order valence-electron chi connectivity index (χ1n) is 7.06. The van der Waals surface area contributed by atoms with Crippen molar-refractivity contribution in [3.63, 3.8) is 0 Å². The second-order valence-electron chi connectivity index (χ2n) is 8.12. The molecule has 0 heterocycles. The fourth-order valence-electron chi connectivity index (χ4n) is 2.99. The number of nitrogens with zero attached hydrogens (tertiary/aromatic N) is 1. The van der Waals surface area contributed by atoms with E-state index in [0.29, 0.717) is 11.8 Å². The lowest BCUT2D eigenvalue weighted by Crippen LogP contribution is -2.66. The molecule has 0 saturated heterocycles. The zero-order valence-electron chi connectivity index (χ0n) is 14.1. The molecule has 0 amide bonds. The summed E-state index contributed by atoms with van der Waals surface area (Å²) in [5.74, 6) is 1.28. The van der Waals surface area contributed by atoms with Gasteiger partial charge in [0.1, 0.15) is 0 Å². The van der Waals surface area contributed by atoms with Gasteiger partial charge in [0, 0.05) is 16.6 Å². The van der Waals surface area contributed by atoms with Crippen molar-refractivity contribution in [1.82, 2.24) is 4.90 Å². The molecule has 0 saturated carbocycles. The monoisotopic (exact) mass is 241 g/mol. The number of hydrogen-bond acceptors (Lipinski definition) is 1. The number of rotatable bonds is 4. The van der Waals surface area contributed by atoms with Crippen LogP contribution in [-0.2, 0) is 0 Å². The van der Waals surface area contributed by atoms with Gasteiger partial charge in [-0.2, -0.15) is 0 Å². The maximum atomic E-state index is 2.71. The summed E-state index contributed by atoms with van der Waals surface area (Å²) in [7, 11) is 0. The van der Waals surface area contributed by atoms with Crippen molar-refractivity contribution in [2.75, 3.05) is 0 Å². The summed E-state index contributed by atoms with van der Waals surface area (Å²) in [6.07, 6.45) is 0. The lowest BCUT2D eigenvalue weighted by Gasteiger charge is -2.59. The van der Waals surface area contributed by atoms with Gasteiger partial charge in [-0.25, -0.2) is 0 Å². The summed E-state index contributed by atoms with van der Waals surface area (Å²) in [5.41, 5.74) is 0.583. The molecule has 0 aromatic rings. The molecule has 0 bridgehead atoms. The Bertz CT molecular complexity index is 221. The summed E-state index contributed by atoms with van der Waals surface area (Å²) in [4.78, 5) is 2.71. The highest BCUT2D eigenvalue weighted by molar-refractivity contribution is 5.01. The van der Waals surface area contributed by atoms with E-state index in [1.807, 2.05) is 0 Å². The molecule has 0 atom stereocenters. The van der Waals surface area contributed by atoms with Crippen LogP contribution in [-0.4, -0.2) is 21.5 Å². The van der Waals surface area contributed by atoms with Crippen LogP contribution in [0, 0.1) is 11.8 Å². The molecule has 0 aromatic carbocycles. The molecule has 0 aliphatic rings. The lowest BCUT2D eigenvalue weighted by molar-refractivity contribution is -0.0962. The molecular weight excluding hydrogens is 206 g/mol. The highest BCUT2D eigenvalue weighted by atomic mass is 15.3. The van der Waals surface area contributed by atoms with Gasteiger partial charge in [-0.05, 0) is 60.3 Å². The molecular formula is C16H35N. The highest BCUT2D eigenvalue weighted by Gasteiger charge is 2.46. The van der Waals surface area contributed by atoms with Gasteiger partial charge in [0.25, 0.3) is 0 Å². The van der Waals surface area contributed by atoms with Crippen molar-refractivity contribution in [3.05, 3.63) is 0 Å². The average Bonchev–Trinajstić information content (AvgIpc) is 1.98. The molecule has 17 heavy (non-hydrogen) atoms. The van der Waals surface area contributed by atoms with Crippen LogP contribution in [0.1, 0.15) is 76.2 Å². The molecule has 1 nitrogen and oxygen atoms in total. The van der Waals surface area contributed by atoms with Crippen LogP contribution in [0.3, 0.4) is 0 Å². The first kappa shape index (κ1) is 17.0. The van der Waals surface area contributed by atoms with Crippen molar-refractivity contribution in [2.45, 2.75) is 92.8 Å². The van der Waals surface area contributed by atoms with E-state index in [9.17, 15) is 0 Å². The van der Waals surface area contributed by atoms with Gasteiger partial charge in [0.15, 0.2) is 0 Å². The van der Waals surface area contributed by atoms with Gasteiger partial charge < -0.3 is 0 Å². The Hall–Kier alpha value is -0.0400. The maximum Gasteiger partial charge on any atom is 0.0186 e. The minimum absolute atomic E-state index is 0.182. The molecule has 0 aliphatic heterocycles. The summed E-state index contributed by atoms with van der Waals surface area (Å²) in [6.45, 7) is 25.8. The van der Waals surface area contributed by atoms with E-state index in [4.69, 9.17) is 0 Å². The Morgan fingerprint density at radius 1 is 0.588 bits per heavy atom. The molecule has 1 heteroatoms. The van der Waals surface area contributed by atoms with Gasteiger partial charge in [-0.1, -0.05) is 27.7 Å². The van der Waals surface area contributed by atoms with Crippen LogP contribution >= 0.6 is 0 Å². The van der Waals surface area contributed by atoms with E-state index < -0.39 is 0 Å². The van der Waals surface area contributed by atoms with Crippen LogP contribution < -0.4 is 0 Å². The zero-order valence-corrected chi connectivity index (χ0v) is 14.1. The third-order valence-corrected chi connectivity index (χ3v) is 4.65. The van der Waals surface area contributed by atoms with Crippen molar-refractivity contribution in [1.29, 1.82) is 0 Å². The molecule has 0 fully saturated rings. The van der Waals surface area contributed by atoms with Gasteiger partial charge in [0.2, 0.25) is 0 Å². The molecule has 0 radical (unpaired) electrons. The van der Waals surface area contributed by atoms with Crippen LogP contribution in [0.25, 0.3) is 0 Å². The lowest BCUT2D eigenvalue weighted by atomic mass is 9.76. The van der Waals surface area contributed by atoms with Crippen LogP contribution in [0.4, 0.5) is 0 Å². The zero-order chi connectivity index (χ0) is 14.2. The Balaban J connectivity index is 5.62. The summed E-state index contributed by atoms with van der Waals surface area (Å²) in [6, 6.07) is 0. The predicted octanol–water partition coefficient (Wildman–Crippen LogP) is 4.96. The van der Waals surface area contributed by atoms with E-state index >= 15 is 0 Å².